The van der Waals surface area contributed by atoms with Crippen LogP contribution in [-0.2, 0) is 11.3 Å². The summed E-state index contributed by atoms with van der Waals surface area (Å²) in [6, 6.07) is 4.10. The Morgan fingerprint density at radius 1 is 1.38 bits per heavy atom. The van der Waals surface area contributed by atoms with Crippen LogP contribution in [-0.4, -0.2) is 24.0 Å². The van der Waals surface area contributed by atoms with Crippen LogP contribution >= 0.6 is 0 Å². The Morgan fingerprint density at radius 2 is 2.08 bits per heavy atom. The van der Waals surface area contributed by atoms with E-state index in [4.69, 9.17) is 0 Å². The molecule has 1 aromatic rings. The summed E-state index contributed by atoms with van der Waals surface area (Å²) < 4.78 is 0. The van der Waals surface area contributed by atoms with Crippen LogP contribution in [0.15, 0.2) is 30.0 Å². The highest BCUT2D eigenvalue weighted by Crippen LogP contribution is 2.59. The molecule has 1 amide bonds. The van der Waals surface area contributed by atoms with Crippen LogP contribution in [0.1, 0.15) is 46.1 Å². The quantitative estimate of drug-likeness (QED) is 0.842. The number of allylic oxidation sites excluding steroid dienone is 2. The second-order valence-corrected chi connectivity index (χ2v) is 8.00. The van der Waals surface area contributed by atoms with E-state index < -0.39 is 0 Å². The minimum absolute atomic E-state index is 0.0698. The second-order valence-electron chi connectivity index (χ2n) is 8.00. The van der Waals surface area contributed by atoms with Crippen molar-refractivity contribution in [2.45, 2.75) is 47.1 Å². The van der Waals surface area contributed by atoms with Crippen LogP contribution in [0.25, 0.3) is 0 Å². The van der Waals surface area contributed by atoms with Crippen molar-refractivity contribution in [3.05, 3.63) is 35.5 Å². The summed E-state index contributed by atoms with van der Waals surface area (Å²) in [5, 5.41) is 3.12. The highest BCUT2D eigenvalue weighted by atomic mass is 16.2. The fourth-order valence-corrected chi connectivity index (χ4v) is 3.84. The SMILES string of the molecule is CC(C)=C[C@H]1[C@H](C(=O)NCc2ccnc(N3CCCC3)c2)C1(C)C. The average molecular weight is 327 g/mol. The summed E-state index contributed by atoms with van der Waals surface area (Å²) >= 11 is 0. The minimum atomic E-state index is 0.0698. The lowest BCUT2D eigenvalue weighted by Crippen LogP contribution is -2.26. The van der Waals surface area contributed by atoms with Gasteiger partial charge in [0.25, 0.3) is 0 Å². The van der Waals surface area contributed by atoms with E-state index in [0.717, 1.165) is 24.5 Å². The molecule has 1 aromatic heterocycles. The summed E-state index contributed by atoms with van der Waals surface area (Å²) in [5.41, 5.74) is 2.48. The third kappa shape index (κ3) is 3.47. The predicted molar refractivity (Wildman–Crippen MR) is 97.7 cm³/mol. The highest BCUT2D eigenvalue weighted by molar-refractivity contribution is 5.83. The summed E-state index contributed by atoms with van der Waals surface area (Å²) in [4.78, 5) is 19.3. The van der Waals surface area contributed by atoms with Gasteiger partial charge in [0.05, 0.1) is 5.92 Å². The third-order valence-electron chi connectivity index (χ3n) is 5.41. The van der Waals surface area contributed by atoms with Gasteiger partial charge in [-0.05, 0) is 55.7 Å². The number of carbonyl (C=O) groups excluding carboxylic acids is 1. The Labute approximate surface area is 145 Å². The first-order chi connectivity index (χ1) is 11.4. The van der Waals surface area contributed by atoms with E-state index in [1.165, 1.54) is 18.4 Å². The molecule has 0 radical (unpaired) electrons. The molecule has 1 N–H and O–H groups in total. The molecule has 4 heteroatoms. The highest BCUT2D eigenvalue weighted by Gasteiger charge is 2.60. The Morgan fingerprint density at radius 3 is 2.75 bits per heavy atom. The van der Waals surface area contributed by atoms with Crippen LogP contribution in [0, 0.1) is 17.3 Å². The molecule has 24 heavy (non-hydrogen) atoms. The number of pyridine rings is 1. The van der Waals surface area contributed by atoms with E-state index in [1.807, 2.05) is 12.3 Å². The van der Waals surface area contributed by atoms with Crippen LogP contribution in [0.2, 0.25) is 0 Å². The van der Waals surface area contributed by atoms with Gasteiger partial charge in [-0.3, -0.25) is 4.79 Å². The van der Waals surface area contributed by atoms with E-state index >= 15 is 0 Å². The van der Waals surface area contributed by atoms with Crippen molar-refractivity contribution in [3.63, 3.8) is 0 Å². The maximum atomic E-state index is 12.6. The molecule has 130 valence electrons. The molecule has 0 spiro atoms. The molecular weight excluding hydrogens is 298 g/mol. The number of anilines is 1. The Bertz CT molecular complexity index is 640. The van der Waals surface area contributed by atoms with Crippen LogP contribution < -0.4 is 10.2 Å². The van der Waals surface area contributed by atoms with Crippen molar-refractivity contribution in [2.75, 3.05) is 18.0 Å². The number of aromatic nitrogens is 1. The molecule has 2 atom stereocenters. The van der Waals surface area contributed by atoms with Crippen LogP contribution in [0.5, 0.6) is 0 Å². The molecule has 1 saturated carbocycles. The van der Waals surface area contributed by atoms with Gasteiger partial charge < -0.3 is 10.2 Å². The monoisotopic (exact) mass is 327 g/mol. The molecule has 0 unspecified atom stereocenters. The van der Waals surface area contributed by atoms with Gasteiger partial charge in [0, 0.05) is 25.8 Å². The van der Waals surface area contributed by atoms with Gasteiger partial charge in [0.1, 0.15) is 5.82 Å². The molecule has 1 aliphatic carbocycles. The van der Waals surface area contributed by atoms with Crippen LogP contribution in [0.3, 0.4) is 0 Å². The number of nitrogens with zero attached hydrogens (tertiary/aromatic N) is 2. The maximum absolute atomic E-state index is 12.6. The fourth-order valence-electron chi connectivity index (χ4n) is 3.84. The largest absolute Gasteiger partial charge is 0.357 e. The van der Waals surface area contributed by atoms with Gasteiger partial charge in [-0.2, -0.15) is 0 Å². The molecule has 3 rings (SSSR count). The number of amides is 1. The predicted octanol–water partition coefficient (Wildman–Crippen LogP) is 3.54. The lowest BCUT2D eigenvalue weighted by molar-refractivity contribution is -0.123. The molecule has 2 aliphatic rings. The molecular formula is C20H29N3O. The minimum Gasteiger partial charge on any atom is -0.357 e. The summed E-state index contributed by atoms with van der Waals surface area (Å²) in [7, 11) is 0. The van der Waals surface area contributed by atoms with E-state index in [9.17, 15) is 4.79 Å². The first-order valence-electron chi connectivity index (χ1n) is 9.02. The number of rotatable bonds is 5. The number of carbonyl (C=O) groups is 1. The van der Waals surface area contributed by atoms with Crippen molar-refractivity contribution >= 4 is 11.7 Å². The number of hydrogen-bond donors (Lipinski definition) is 1. The van der Waals surface area contributed by atoms with Crippen molar-refractivity contribution in [1.29, 1.82) is 0 Å². The zero-order valence-corrected chi connectivity index (χ0v) is 15.3. The molecule has 4 nitrogen and oxygen atoms in total. The summed E-state index contributed by atoms with van der Waals surface area (Å²) in [5.74, 6) is 1.66. The van der Waals surface area contributed by atoms with Crippen molar-refractivity contribution in [3.8, 4) is 0 Å². The average Bonchev–Trinajstić information content (AvgIpc) is 2.94. The summed E-state index contributed by atoms with van der Waals surface area (Å²) in [6.07, 6.45) is 6.57. The normalized spacial score (nSPS) is 24.6. The standard InChI is InChI=1S/C20H29N3O/c1-14(2)11-16-18(20(16,3)4)19(24)22-13-15-7-8-21-17(12-15)23-9-5-6-10-23/h7-8,11-12,16,18H,5-6,9-10,13H2,1-4H3,(H,22,24)/t16-,18+/m0/s1. The van der Waals surface area contributed by atoms with Crippen molar-refractivity contribution in [1.82, 2.24) is 10.3 Å². The summed E-state index contributed by atoms with van der Waals surface area (Å²) in [6.45, 7) is 11.3. The van der Waals surface area contributed by atoms with Crippen LogP contribution in [0.4, 0.5) is 5.82 Å². The zero-order valence-electron chi connectivity index (χ0n) is 15.3. The maximum Gasteiger partial charge on any atom is 0.224 e. The van der Waals surface area contributed by atoms with Gasteiger partial charge in [-0.15, -0.1) is 0 Å². The van der Waals surface area contributed by atoms with Gasteiger partial charge in [0.15, 0.2) is 0 Å². The fraction of sp³-hybridized carbons (Fsp3) is 0.600. The van der Waals surface area contributed by atoms with E-state index in [2.05, 4.69) is 55.0 Å². The topological polar surface area (TPSA) is 45.2 Å². The van der Waals surface area contributed by atoms with Crippen molar-refractivity contribution in [2.24, 2.45) is 17.3 Å². The Balaban J connectivity index is 1.59. The molecule has 2 fully saturated rings. The Hall–Kier alpha value is -1.84. The second kappa shape index (κ2) is 6.58. The molecule has 2 heterocycles. The van der Waals surface area contributed by atoms with Gasteiger partial charge in [-0.1, -0.05) is 25.5 Å². The van der Waals surface area contributed by atoms with Gasteiger partial charge in [-0.25, -0.2) is 4.98 Å². The molecule has 0 aromatic carbocycles. The Kier molecular flexibility index (Phi) is 4.66. The molecule has 0 bridgehead atoms. The first-order valence-corrected chi connectivity index (χ1v) is 9.02. The lowest BCUT2D eigenvalue weighted by atomic mass is 10.1. The first kappa shape index (κ1) is 17.0. The van der Waals surface area contributed by atoms with Gasteiger partial charge in [0.2, 0.25) is 5.91 Å². The van der Waals surface area contributed by atoms with Crippen molar-refractivity contribution < 1.29 is 4.79 Å². The zero-order chi connectivity index (χ0) is 17.3. The van der Waals surface area contributed by atoms with E-state index in [1.54, 1.807) is 0 Å². The third-order valence-corrected chi connectivity index (χ3v) is 5.41. The molecule has 1 aliphatic heterocycles. The van der Waals surface area contributed by atoms with E-state index in [-0.39, 0.29) is 17.2 Å². The number of hydrogen-bond acceptors (Lipinski definition) is 3. The van der Waals surface area contributed by atoms with E-state index in [0.29, 0.717) is 12.5 Å². The lowest BCUT2D eigenvalue weighted by Gasteiger charge is -2.17. The molecule has 1 saturated heterocycles. The van der Waals surface area contributed by atoms with Gasteiger partial charge >= 0.3 is 0 Å². The number of nitrogens with one attached hydrogen (secondary N) is 1. The smallest absolute Gasteiger partial charge is 0.224 e.